The molecule has 11 nitrogen and oxygen atoms in total. The Hall–Kier alpha value is -3.53. The molecule has 0 unspecified atom stereocenters. The number of fused-ring (bicyclic) bond motifs is 2. The van der Waals surface area contributed by atoms with Crippen LogP contribution in [0.3, 0.4) is 0 Å². The first-order chi connectivity index (χ1) is 17.9. The predicted molar refractivity (Wildman–Crippen MR) is 133 cm³/mol. The van der Waals surface area contributed by atoms with E-state index >= 15 is 0 Å². The second-order valence-electron chi connectivity index (χ2n) is 9.10. The molecule has 1 saturated heterocycles. The van der Waals surface area contributed by atoms with Crippen molar-refractivity contribution >= 4 is 38.5 Å². The third kappa shape index (κ3) is 4.73. The molecule has 4 aromatic rings. The lowest BCUT2D eigenvalue weighted by Crippen LogP contribution is -2.55. The van der Waals surface area contributed by atoms with Crippen molar-refractivity contribution in [1.82, 2.24) is 33.4 Å². The van der Waals surface area contributed by atoms with Crippen LogP contribution in [0.25, 0.3) is 27.9 Å². The molecular weight excluding hydrogens is 530 g/mol. The number of alkyl halides is 4. The molecule has 4 aromatic heterocycles. The Bertz CT molecular complexity index is 1620. The van der Waals surface area contributed by atoms with Gasteiger partial charge in [-0.05, 0) is 31.5 Å². The number of piperidine rings is 1. The average Bonchev–Trinajstić information content (AvgIpc) is 3.39. The van der Waals surface area contributed by atoms with Gasteiger partial charge in [0.05, 0.1) is 31.1 Å². The van der Waals surface area contributed by atoms with Crippen molar-refractivity contribution < 1.29 is 26.0 Å². The summed E-state index contributed by atoms with van der Waals surface area (Å²) >= 11 is 0. The predicted octanol–water partition coefficient (Wildman–Crippen LogP) is 2.84. The highest BCUT2D eigenvalue weighted by Crippen LogP contribution is 2.33. The summed E-state index contributed by atoms with van der Waals surface area (Å²) in [5.74, 6) is -2.69. The molecule has 1 atom stereocenters. The zero-order valence-electron chi connectivity index (χ0n) is 20.7. The summed E-state index contributed by atoms with van der Waals surface area (Å²) in [6.45, 7) is 0.0984. The van der Waals surface area contributed by atoms with Gasteiger partial charge >= 0.3 is 0 Å². The van der Waals surface area contributed by atoms with Gasteiger partial charge in [0.15, 0.2) is 11.5 Å². The molecule has 0 aliphatic carbocycles. The zero-order chi connectivity index (χ0) is 27.4. The van der Waals surface area contributed by atoms with Gasteiger partial charge in [0.25, 0.3) is 12.3 Å². The molecule has 0 amide bonds. The van der Waals surface area contributed by atoms with Crippen molar-refractivity contribution in [2.45, 2.75) is 38.3 Å². The highest BCUT2D eigenvalue weighted by atomic mass is 32.2. The number of anilines is 2. The van der Waals surface area contributed by atoms with E-state index in [9.17, 15) is 26.0 Å². The number of pyridine rings is 1. The van der Waals surface area contributed by atoms with Gasteiger partial charge in [-0.3, -0.25) is 0 Å². The van der Waals surface area contributed by atoms with E-state index < -0.39 is 41.5 Å². The summed E-state index contributed by atoms with van der Waals surface area (Å²) in [7, 11) is -2.14. The third-order valence-electron chi connectivity index (χ3n) is 6.46. The largest absolute Gasteiger partial charge is 0.371 e. The van der Waals surface area contributed by atoms with Gasteiger partial charge in [0.2, 0.25) is 16.0 Å². The van der Waals surface area contributed by atoms with E-state index in [0.717, 1.165) is 10.6 Å². The molecule has 1 aliphatic heterocycles. The standard InChI is InChI=1S/C22H25F4N9O2S/c1-12-28-15-5-4-14(29-20(15)34(12)10-17(23)24)13-6-9-35-18(13)19(27-2)31-21(32-35)30-16-7-8-33(38(3,36)37)11-22(16,25)26/h4-6,9,16-17H,7-8,10-11H2,1-3H3,(H2,27,30,31,32)/t16-/m1/s1. The number of imidazole rings is 1. The van der Waals surface area contributed by atoms with E-state index in [4.69, 9.17) is 0 Å². The molecule has 0 radical (unpaired) electrons. The average molecular weight is 556 g/mol. The van der Waals surface area contributed by atoms with E-state index in [0.29, 0.717) is 39.6 Å². The topological polar surface area (TPSA) is 122 Å². The lowest BCUT2D eigenvalue weighted by atomic mass is 10.0. The number of nitrogens with zero attached hydrogens (tertiary/aromatic N) is 7. The maximum Gasteiger partial charge on any atom is 0.281 e. The molecule has 1 fully saturated rings. The molecule has 204 valence electrons. The first-order valence-corrected chi connectivity index (χ1v) is 13.5. The Labute approximate surface area is 214 Å². The van der Waals surface area contributed by atoms with Gasteiger partial charge in [-0.25, -0.2) is 40.5 Å². The van der Waals surface area contributed by atoms with Crippen molar-refractivity contribution in [2.24, 2.45) is 0 Å². The molecule has 2 N–H and O–H groups in total. The molecule has 5 heterocycles. The monoisotopic (exact) mass is 555 g/mol. The number of nitrogens with one attached hydrogen (secondary N) is 2. The molecule has 0 spiro atoms. The molecule has 1 aliphatic rings. The number of halogens is 4. The maximum atomic E-state index is 14.8. The number of sulfonamides is 1. The third-order valence-corrected chi connectivity index (χ3v) is 7.71. The molecule has 0 aromatic carbocycles. The fourth-order valence-corrected chi connectivity index (χ4v) is 5.46. The van der Waals surface area contributed by atoms with Crippen LogP contribution in [0.1, 0.15) is 12.2 Å². The van der Waals surface area contributed by atoms with Crippen LogP contribution in [0.2, 0.25) is 0 Å². The van der Waals surface area contributed by atoms with Crippen LogP contribution in [-0.2, 0) is 16.6 Å². The van der Waals surface area contributed by atoms with Crippen LogP contribution in [0, 0.1) is 6.92 Å². The molecule has 5 rings (SSSR count). The summed E-state index contributed by atoms with van der Waals surface area (Å²) in [6, 6.07) is 3.73. The van der Waals surface area contributed by atoms with E-state index in [2.05, 4.69) is 30.7 Å². The quantitative estimate of drug-likeness (QED) is 0.334. The van der Waals surface area contributed by atoms with Gasteiger partial charge in [0.1, 0.15) is 16.9 Å². The minimum absolute atomic E-state index is 0.0589. The molecular formula is C22H25F4N9O2S. The van der Waals surface area contributed by atoms with E-state index in [1.807, 2.05) is 0 Å². The van der Waals surface area contributed by atoms with Crippen LogP contribution in [0.15, 0.2) is 24.4 Å². The number of hydrogen-bond acceptors (Lipinski definition) is 8. The Balaban J connectivity index is 1.49. The maximum absolute atomic E-state index is 14.8. The molecule has 16 heteroatoms. The number of aromatic nitrogens is 6. The van der Waals surface area contributed by atoms with Crippen molar-refractivity contribution in [3.63, 3.8) is 0 Å². The van der Waals surface area contributed by atoms with Crippen molar-refractivity contribution in [3.8, 4) is 11.3 Å². The van der Waals surface area contributed by atoms with E-state index in [-0.39, 0.29) is 18.9 Å². The second-order valence-corrected chi connectivity index (χ2v) is 11.1. The van der Waals surface area contributed by atoms with E-state index in [1.54, 1.807) is 38.4 Å². The van der Waals surface area contributed by atoms with Gasteiger partial charge in [0, 0.05) is 25.4 Å². The van der Waals surface area contributed by atoms with Crippen LogP contribution in [0.5, 0.6) is 0 Å². The summed E-state index contributed by atoms with van der Waals surface area (Å²) in [6.07, 6.45) is -0.204. The van der Waals surface area contributed by atoms with Crippen molar-refractivity contribution in [3.05, 3.63) is 30.2 Å². The fourth-order valence-electron chi connectivity index (χ4n) is 4.61. The Kier molecular flexibility index (Phi) is 6.41. The second kappa shape index (κ2) is 9.34. The highest BCUT2D eigenvalue weighted by Gasteiger charge is 2.47. The number of hydrogen-bond donors (Lipinski definition) is 2. The van der Waals surface area contributed by atoms with Gasteiger partial charge in [-0.2, -0.15) is 9.29 Å². The minimum atomic E-state index is -3.75. The first-order valence-electron chi connectivity index (χ1n) is 11.7. The number of aryl methyl sites for hydroxylation is 1. The summed E-state index contributed by atoms with van der Waals surface area (Å²) in [4.78, 5) is 13.2. The normalized spacial score (nSPS) is 18.5. The Morgan fingerprint density at radius 1 is 1.18 bits per heavy atom. The molecule has 38 heavy (non-hydrogen) atoms. The summed E-state index contributed by atoms with van der Waals surface area (Å²) in [5.41, 5.74) is 2.36. The molecule has 0 saturated carbocycles. The lowest BCUT2D eigenvalue weighted by molar-refractivity contribution is -0.0541. The van der Waals surface area contributed by atoms with Crippen molar-refractivity contribution in [1.29, 1.82) is 0 Å². The molecule has 0 bridgehead atoms. The SMILES string of the molecule is CNc1nc(N[C@@H]2CCN(S(C)(=O)=O)CC2(F)F)nn2ccc(-c3ccc4nc(C)n(CC(F)F)c4n3)c12. The zero-order valence-corrected chi connectivity index (χ0v) is 21.5. The van der Waals surface area contributed by atoms with Crippen LogP contribution >= 0.6 is 0 Å². The Morgan fingerprint density at radius 2 is 1.95 bits per heavy atom. The highest BCUT2D eigenvalue weighted by molar-refractivity contribution is 7.88. The van der Waals surface area contributed by atoms with Gasteiger partial charge in [-0.15, -0.1) is 5.10 Å². The van der Waals surface area contributed by atoms with Crippen LogP contribution in [-0.4, -0.2) is 86.6 Å². The van der Waals surface area contributed by atoms with Gasteiger partial charge < -0.3 is 15.2 Å². The lowest BCUT2D eigenvalue weighted by Gasteiger charge is -2.37. The fraction of sp³-hybridized carbons (Fsp3) is 0.455. The summed E-state index contributed by atoms with van der Waals surface area (Å²) in [5, 5.41) is 9.92. The Morgan fingerprint density at radius 3 is 2.61 bits per heavy atom. The summed E-state index contributed by atoms with van der Waals surface area (Å²) < 4.78 is 82.8. The minimum Gasteiger partial charge on any atom is -0.371 e. The van der Waals surface area contributed by atoms with E-state index in [1.165, 1.54) is 9.08 Å². The van der Waals surface area contributed by atoms with Gasteiger partial charge in [-0.1, -0.05) is 0 Å². The first kappa shape index (κ1) is 26.1. The number of rotatable bonds is 7. The smallest absolute Gasteiger partial charge is 0.281 e. The van der Waals surface area contributed by atoms with Crippen molar-refractivity contribution in [2.75, 3.05) is 37.0 Å². The van der Waals surface area contributed by atoms with Crippen LogP contribution < -0.4 is 10.6 Å². The van der Waals surface area contributed by atoms with Crippen LogP contribution in [0.4, 0.5) is 29.3 Å².